The van der Waals surface area contributed by atoms with Crippen LogP contribution in [-0.2, 0) is 20.7 Å². The van der Waals surface area contributed by atoms with Crippen molar-refractivity contribution in [3.05, 3.63) is 52.7 Å². The van der Waals surface area contributed by atoms with Crippen molar-refractivity contribution < 1.29 is 29.0 Å². The van der Waals surface area contributed by atoms with Crippen LogP contribution in [0, 0.1) is 21.8 Å². The molecule has 0 atom stereocenters. The Morgan fingerprint density at radius 3 is 2.44 bits per heavy atom. The van der Waals surface area contributed by atoms with Crippen molar-refractivity contribution in [2.24, 2.45) is 0 Å². The van der Waals surface area contributed by atoms with E-state index in [4.69, 9.17) is 21.1 Å². The maximum atomic E-state index is 12.9. The molecule has 0 aliphatic carbocycles. The number of phenolic OH excluding ortho intramolecular Hbond substituents is 1. The minimum absolute atomic E-state index is 0.112. The Morgan fingerprint density at radius 2 is 1.84 bits per heavy atom. The molecule has 2 aromatic rings. The SMILES string of the molecule is CCOC(=O)c1sc(CC(=O)C(C#N)=Cc2cc(Cl)cc(I)c2O)c(C(=O)OCC)c1C. The molecule has 7 nitrogen and oxygen atoms in total. The molecule has 2 rings (SSSR count). The summed E-state index contributed by atoms with van der Waals surface area (Å²) in [5.74, 6) is -1.97. The third kappa shape index (κ3) is 5.88. The van der Waals surface area contributed by atoms with Gasteiger partial charge < -0.3 is 14.6 Å². The predicted octanol–water partition coefficient (Wildman–Crippen LogP) is 5.09. The lowest BCUT2D eigenvalue weighted by Crippen LogP contribution is -2.12. The number of benzene rings is 1. The standard InChI is InChI=1S/C22H19ClINO6S/c1-4-30-21(28)18-11(3)20(22(29)31-5-2)32-17(18)9-16(26)13(10-25)6-12-7-14(23)8-15(24)19(12)27/h6-8,27H,4-5,9H2,1-3H3. The van der Waals surface area contributed by atoms with Crippen LogP contribution < -0.4 is 0 Å². The first kappa shape index (κ1) is 25.8. The van der Waals surface area contributed by atoms with Crippen LogP contribution in [-0.4, -0.2) is 36.0 Å². The number of hydrogen-bond acceptors (Lipinski definition) is 8. The molecule has 0 unspecified atom stereocenters. The summed E-state index contributed by atoms with van der Waals surface area (Å²) in [6.45, 7) is 5.16. The highest BCUT2D eigenvalue weighted by atomic mass is 127. The summed E-state index contributed by atoms with van der Waals surface area (Å²) in [4.78, 5) is 38.2. The number of Topliss-reactive ketones (excluding diaryl/α,β-unsaturated/α-hetero) is 1. The molecule has 0 saturated heterocycles. The zero-order chi connectivity index (χ0) is 24.0. The van der Waals surface area contributed by atoms with E-state index in [2.05, 4.69) is 0 Å². The van der Waals surface area contributed by atoms with E-state index in [1.54, 1.807) is 26.8 Å². The summed E-state index contributed by atoms with van der Waals surface area (Å²) >= 11 is 8.85. The third-order valence-corrected chi connectivity index (χ3v) is 6.57. The fourth-order valence-electron chi connectivity index (χ4n) is 2.83. The van der Waals surface area contributed by atoms with Crippen molar-refractivity contribution in [3.63, 3.8) is 0 Å². The van der Waals surface area contributed by atoms with Crippen LogP contribution in [0.2, 0.25) is 5.02 Å². The molecule has 0 saturated carbocycles. The second-order valence-electron chi connectivity index (χ2n) is 6.39. The molecule has 0 aliphatic heterocycles. The molecule has 1 aromatic carbocycles. The monoisotopic (exact) mass is 587 g/mol. The van der Waals surface area contributed by atoms with E-state index >= 15 is 0 Å². The van der Waals surface area contributed by atoms with Gasteiger partial charge >= 0.3 is 11.9 Å². The summed E-state index contributed by atoms with van der Waals surface area (Å²) in [7, 11) is 0. The number of ketones is 1. The molecule has 0 radical (unpaired) electrons. The van der Waals surface area contributed by atoms with Crippen LogP contribution >= 0.6 is 45.5 Å². The number of aromatic hydroxyl groups is 1. The van der Waals surface area contributed by atoms with E-state index in [1.807, 2.05) is 28.7 Å². The van der Waals surface area contributed by atoms with Crippen molar-refractivity contribution >= 4 is 69.3 Å². The fraction of sp³-hybridized carbons (Fsp3) is 0.273. The summed E-state index contributed by atoms with van der Waals surface area (Å²) in [6.07, 6.45) is 0.930. The number of ether oxygens (including phenoxy) is 2. The number of nitriles is 1. The van der Waals surface area contributed by atoms with Crippen LogP contribution in [0.3, 0.4) is 0 Å². The molecule has 0 spiro atoms. The molecule has 0 fully saturated rings. The topological polar surface area (TPSA) is 114 Å². The lowest BCUT2D eigenvalue weighted by Gasteiger charge is -2.06. The van der Waals surface area contributed by atoms with Crippen molar-refractivity contribution in [2.75, 3.05) is 13.2 Å². The largest absolute Gasteiger partial charge is 0.506 e. The summed E-state index contributed by atoms with van der Waals surface area (Å²) < 4.78 is 10.6. The van der Waals surface area contributed by atoms with Gasteiger partial charge in [0.05, 0.1) is 27.9 Å². The fourth-order valence-corrected chi connectivity index (χ4v) is 5.07. The van der Waals surface area contributed by atoms with Gasteiger partial charge in [0.2, 0.25) is 0 Å². The Hall–Kier alpha value is -2.42. The van der Waals surface area contributed by atoms with Crippen LogP contribution in [0.1, 0.15) is 49.9 Å². The quantitative estimate of drug-likeness (QED) is 0.198. The van der Waals surface area contributed by atoms with Gasteiger partial charge in [-0.1, -0.05) is 11.6 Å². The number of esters is 2. The molecule has 168 valence electrons. The van der Waals surface area contributed by atoms with Gasteiger partial charge in [-0.25, -0.2) is 9.59 Å². The minimum Gasteiger partial charge on any atom is -0.506 e. The first-order chi connectivity index (χ1) is 15.1. The Morgan fingerprint density at radius 1 is 1.22 bits per heavy atom. The van der Waals surface area contributed by atoms with E-state index in [9.17, 15) is 24.8 Å². The van der Waals surface area contributed by atoms with Crippen LogP contribution in [0.25, 0.3) is 6.08 Å². The number of phenols is 1. The average Bonchev–Trinajstić information content (AvgIpc) is 3.05. The number of rotatable bonds is 8. The molecule has 32 heavy (non-hydrogen) atoms. The molecular formula is C22H19ClINO6S. The van der Waals surface area contributed by atoms with Gasteiger partial charge in [-0.15, -0.1) is 11.3 Å². The number of halogens is 2. The number of allylic oxidation sites excluding steroid dienone is 1. The molecular weight excluding hydrogens is 569 g/mol. The van der Waals surface area contributed by atoms with E-state index < -0.39 is 17.7 Å². The summed E-state index contributed by atoms with van der Waals surface area (Å²) in [5, 5.41) is 20.1. The van der Waals surface area contributed by atoms with Crippen molar-refractivity contribution in [1.82, 2.24) is 0 Å². The molecule has 1 heterocycles. The maximum Gasteiger partial charge on any atom is 0.348 e. The lowest BCUT2D eigenvalue weighted by atomic mass is 10.0. The minimum atomic E-state index is -0.663. The first-order valence-corrected chi connectivity index (χ1v) is 11.7. The zero-order valence-corrected chi connectivity index (χ0v) is 21.2. The third-order valence-electron chi connectivity index (χ3n) is 4.26. The second kappa shape index (κ2) is 11.4. The van der Waals surface area contributed by atoms with Gasteiger partial charge in [0.1, 0.15) is 16.7 Å². The number of carbonyl (C=O) groups excluding carboxylic acids is 3. The van der Waals surface area contributed by atoms with E-state index in [0.29, 0.717) is 19.0 Å². The summed E-state index contributed by atoms with van der Waals surface area (Å²) in [6, 6.07) is 4.80. The van der Waals surface area contributed by atoms with Gasteiger partial charge in [0.15, 0.2) is 5.78 Å². The smallest absolute Gasteiger partial charge is 0.348 e. The number of nitrogens with zero attached hydrogens (tertiary/aromatic N) is 1. The Kier molecular flexibility index (Phi) is 9.24. The highest BCUT2D eigenvalue weighted by molar-refractivity contribution is 14.1. The van der Waals surface area contributed by atoms with Crippen LogP contribution in [0.15, 0.2) is 17.7 Å². The van der Waals surface area contributed by atoms with Crippen molar-refractivity contribution in [1.29, 1.82) is 5.26 Å². The molecule has 1 N–H and O–H groups in total. The lowest BCUT2D eigenvalue weighted by molar-refractivity contribution is -0.114. The van der Waals surface area contributed by atoms with Gasteiger partial charge in [0.25, 0.3) is 0 Å². The second-order valence-corrected chi connectivity index (χ2v) is 9.09. The highest BCUT2D eigenvalue weighted by Crippen LogP contribution is 2.32. The number of hydrogen-bond donors (Lipinski definition) is 1. The number of carbonyl (C=O) groups is 3. The molecule has 1 aromatic heterocycles. The number of thiophene rings is 1. The zero-order valence-electron chi connectivity index (χ0n) is 17.5. The van der Waals surface area contributed by atoms with E-state index in [1.165, 1.54) is 12.1 Å². The normalized spacial score (nSPS) is 11.1. The molecule has 0 amide bonds. The van der Waals surface area contributed by atoms with Gasteiger partial charge in [-0.05, 0) is 67.1 Å². The first-order valence-electron chi connectivity index (χ1n) is 9.43. The predicted molar refractivity (Wildman–Crippen MR) is 129 cm³/mol. The summed E-state index contributed by atoms with van der Waals surface area (Å²) in [5.41, 5.74) is 0.453. The van der Waals surface area contributed by atoms with Gasteiger partial charge in [0, 0.05) is 21.9 Å². The van der Waals surface area contributed by atoms with Crippen LogP contribution in [0.5, 0.6) is 5.75 Å². The van der Waals surface area contributed by atoms with Crippen LogP contribution in [0.4, 0.5) is 0 Å². The van der Waals surface area contributed by atoms with Crippen molar-refractivity contribution in [2.45, 2.75) is 27.2 Å². The maximum absolute atomic E-state index is 12.9. The Bertz CT molecular complexity index is 1150. The molecule has 0 aliphatic rings. The molecule has 10 heteroatoms. The van der Waals surface area contributed by atoms with E-state index in [0.717, 1.165) is 11.3 Å². The Balaban J connectivity index is 2.49. The molecule has 0 bridgehead atoms. The van der Waals surface area contributed by atoms with Gasteiger partial charge in [-0.2, -0.15) is 5.26 Å². The Labute approximate surface area is 207 Å². The van der Waals surface area contributed by atoms with Gasteiger partial charge in [-0.3, -0.25) is 4.79 Å². The average molecular weight is 588 g/mol. The van der Waals surface area contributed by atoms with E-state index in [-0.39, 0.29) is 47.0 Å². The highest BCUT2D eigenvalue weighted by Gasteiger charge is 2.28. The van der Waals surface area contributed by atoms with Crippen molar-refractivity contribution in [3.8, 4) is 11.8 Å².